The van der Waals surface area contributed by atoms with Crippen molar-refractivity contribution in [3.05, 3.63) is 0 Å². The number of morpholine rings is 1. The molecule has 0 bridgehead atoms. The maximum absolute atomic E-state index is 12.1. The molecule has 0 radical (unpaired) electrons. The summed E-state index contributed by atoms with van der Waals surface area (Å²) < 4.78 is 7.26. The Labute approximate surface area is 115 Å². The van der Waals surface area contributed by atoms with E-state index in [9.17, 15) is 4.79 Å². The van der Waals surface area contributed by atoms with Gasteiger partial charge in [0.15, 0.2) is 0 Å². The number of tetrazole rings is 1. The van der Waals surface area contributed by atoms with Gasteiger partial charge in [-0.2, -0.15) is 0 Å². The van der Waals surface area contributed by atoms with E-state index in [-0.39, 0.29) is 12.0 Å². The van der Waals surface area contributed by atoms with Gasteiger partial charge in [-0.25, -0.2) is 4.68 Å². The zero-order chi connectivity index (χ0) is 13.2. The van der Waals surface area contributed by atoms with Gasteiger partial charge in [0.05, 0.1) is 24.5 Å². The van der Waals surface area contributed by atoms with E-state index in [1.165, 1.54) is 11.8 Å². The smallest absolute Gasteiger partial charge is 0.233 e. The maximum Gasteiger partial charge on any atom is 0.233 e. The summed E-state index contributed by atoms with van der Waals surface area (Å²) in [7, 11) is 0. The number of rotatable bonds is 4. The standard InChI is InChI=1S/C11H17N5O2S/c1-8-6-15(4-5-18-8)10(17)7-19-11-12-13-14-16(11)9-2-3-9/h8-9H,2-7H2,1H3/t8-/m0/s1. The molecule has 1 aliphatic heterocycles. The van der Waals surface area contributed by atoms with Crippen molar-refractivity contribution in [2.45, 2.75) is 37.1 Å². The van der Waals surface area contributed by atoms with Crippen LogP contribution in [-0.4, -0.2) is 62.6 Å². The minimum atomic E-state index is 0.125. The van der Waals surface area contributed by atoms with Crippen molar-refractivity contribution in [1.29, 1.82) is 0 Å². The SMILES string of the molecule is C[C@H]1CN(C(=O)CSc2nnnn2C2CC2)CCO1. The first kappa shape index (κ1) is 12.9. The zero-order valence-corrected chi connectivity index (χ0v) is 11.7. The number of hydrogen-bond donors (Lipinski definition) is 0. The molecular weight excluding hydrogens is 266 g/mol. The van der Waals surface area contributed by atoms with Crippen LogP contribution in [0, 0.1) is 0 Å². The van der Waals surface area contributed by atoms with Gasteiger partial charge in [0.1, 0.15) is 0 Å². The average molecular weight is 283 g/mol. The van der Waals surface area contributed by atoms with Gasteiger partial charge in [0.25, 0.3) is 0 Å². The first-order chi connectivity index (χ1) is 9.24. The summed E-state index contributed by atoms with van der Waals surface area (Å²) in [5.74, 6) is 0.519. The normalized spacial score (nSPS) is 23.6. The molecule has 1 amide bonds. The molecule has 2 aliphatic rings. The molecule has 2 heterocycles. The van der Waals surface area contributed by atoms with Crippen LogP contribution in [0.4, 0.5) is 0 Å². The second kappa shape index (κ2) is 5.46. The largest absolute Gasteiger partial charge is 0.375 e. The number of aromatic nitrogens is 4. The molecular formula is C11H17N5O2S. The van der Waals surface area contributed by atoms with E-state index in [1.54, 1.807) is 0 Å². The molecule has 8 heteroatoms. The van der Waals surface area contributed by atoms with Gasteiger partial charge in [-0.15, -0.1) is 5.10 Å². The summed E-state index contributed by atoms with van der Waals surface area (Å²) in [6.45, 7) is 3.96. The van der Waals surface area contributed by atoms with Crippen LogP contribution in [0.5, 0.6) is 0 Å². The van der Waals surface area contributed by atoms with Crippen LogP contribution in [-0.2, 0) is 9.53 Å². The molecule has 1 saturated carbocycles. The number of nitrogens with zero attached hydrogens (tertiary/aromatic N) is 5. The molecule has 7 nitrogen and oxygen atoms in total. The summed E-state index contributed by atoms with van der Waals surface area (Å²) in [5.41, 5.74) is 0. The van der Waals surface area contributed by atoms with Gasteiger partial charge in [-0.3, -0.25) is 4.79 Å². The molecule has 2 fully saturated rings. The molecule has 0 spiro atoms. The van der Waals surface area contributed by atoms with E-state index in [0.29, 0.717) is 31.5 Å². The van der Waals surface area contributed by atoms with Crippen LogP contribution >= 0.6 is 11.8 Å². The fourth-order valence-electron chi connectivity index (χ4n) is 2.09. The molecule has 0 N–H and O–H groups in total. The molecule has 1 saturated heterocycles. The van der Waals surface area contributed by atoms with Crippen LogP contribution < -0.4 is 0 Å². The second-order valence-electron chi connectivity index (χ2n) is 4.95. The van der Waals surface area contributed by atoms with Gasteiger partial charge in [0, 0.05) is 13.1 Å². The van der Waals surface area contributed by atoms with Gasteiger partial charge >= 0.3 is 0 Å². The first-order valence-electron chi connectivity index (χ1n) is 6.54. The highest BCUT2D eigenvalue weighted by Crippen LogP contribution is 2.36. The highest BCUT2D eigenvalue weighted by Gasteiger charge is 2.28. The van der Waals surface area contributed by atoms with Crippen LogP contribution in [0.1, 0.15) is 25.8 Å². The fraction of sp³-hybridized carbons (Fsp3) is 0.818. The minimum Gasteiger partial charge on any atom is -0.375 e. The van der Waals surface area contributed by atoms with Gasteiger partial charge in [-0.05, 0) is 30.2 Å². The highest BCUT2D eigenvalue weighted by atomic mass is 32.2. The van der Waals surface area contributed by atoms with E-state index in [0.717, 1.165) is 18.0 Å². The molecule has 1 aliphatic carbocycles. The van der Waals surface area contributed by atoms with Crippen LogP contribution in [0.3, 0.4) is 0 Å². The molecule has 3 rings (SSSR count). The van der Waals surface area contributed by atoms with Crippen LogP contribution in [0.2, 0.25) is 0 Å². The molecule has 19 heavy (non-hydrogen) atoms. The quantitative estimate of drug-likeness (QED) is 0.742. The number of ether oxygens (including phenoxy) is 1. The third-order valence-corrected chi connectivity index (χ3v) is 4.19. The van der Waals surface area contributed by atoms with E-state index in [1.807, 2.05) is 16.5 Å². The molecule has 1 atom stereocenters. The number of thioether (sulfide) groups is 1. The summed E-state index contributed by atoms with van der Waals surface area (Å²) >= 11 is 1.42. The third-order valence-electron chi connectivity index (χ3n) is 3.27. The van der Waals surface area contributed by atoms with Crippen molar-refractivity contribution in [2.24, 2.45) is 0 Å². The van der Waals surface area contributed by atoms with E-state index in [2.05, 4.69) is 15.5 Å². The Morgan fingerprint density at radius 3 is 3.11 bits per heavy atom. The van der Waals surface area contributed by atoms with Crippen LogP contribution in [0.15, 0.2) is 5.16 Å². The Balaban J connectivity index is 1.53. The van der Waals surface area contributed by atoms with Gasteiger partial charge < -0.3 is 9.64 Å². The molecule has 104 valence electrons. The Bertz CT molecular complexity index is 462. The van der Waals surface area contributed by atoms with Gasteiger partial charge in [0.2, 0.25) is 11.1 Å². The lowest BCUT2D eigenvalue weighted by Crippen LogP contribution is -2.45. The summed E-state index contributed by atoms with van der Waals surface area (Å²) in [5, 5.41) is 12.4. The van der Waals surface area contributed by atoms with Crippen molar-refractivity contribution in [3.8, 4) is 0 Å². The maximum atomic E-state index is 12.1. The number of amides is 1. The fourth-order valence-corrected chi connectivity index (χ4v) is 2.94. The lowest BCUT2D eigenvalue weighted by molar-refractivity contribution is -0.135. The predicted octanol–water partition coefficient (Wildman–Crippen LogP) is 0.347. The van der Waals surface area contributed by atoms with E-state index >= 15 is 0 Å². The summed E-state index contributed by atoms with van der Waals surface area (Å²) in [4.78, 5) is 14.0. The Kier molecular flexibility index (Phi) is 3.69. The third kappa shape index (κ3) is 3.06. The van der Waals surface area contributed by atoms with Crippen molar-refractivity contribution >= 4 is 17.7 Å². The van der Waals surface area contributed by atoms with Gasteiger partial charge in [-0.1, -0.05) is 11.8 Å². The molecule has 1 aromatic heterocycles. The highest BCUT2D eigenvalue weighted by molar-refractivity contribution is 7.99. The van der Waals surface area contributed by atoms with E-state index in [4.69, 9.17) is 4.74 Å². The number of carbonyl (C=O) groups excluding carboxylic acids is 1. The number of hydrogen-bond acceptors (Lipinski definition) is 6. The van der Waals surface area contributed by atoms with Crippen molar-refractivity contribution in [3.63, 3.8) is 0 Å². The summed E-state index contributed by atoms with van der Waals surface area (Å²) in [6, 6.07) is 0.441. The first-order valence-corrected chi connectivity index (χ1v) is 7.52. The van der Waals surface area contributed by atoms with Crippen LogP contribution in [0.25, 0.3) is 0 Å². The minimum absolute atomic E-state index is 0.125. The van der Waals surface area contributed by atoms with E-state index < -0.39 is 0 Å². The Morgan fingerprint density at radius 1 is 1.53 bits per heavy atom. The number of carbonyl (C=O) groups is 1. The lowest BCUT2D eigenvalue weighted by Gasteiger charge is -2.31. The zero-order valence-electron chi connectivity index (χ0n) is 10.9. The summed E-state index contributed by atoms with van der Waals surface area (Å²) in [6.07, 6.45) is 2.39. The van der Waals surface area contributed by atoms with Crippen molar-refractivity contribution < 1.29 is 9.53 Å². The monoisotopic (exact) mass is 283 g/mol. The Morgan fingerprint density at radius 2 is 2.37 bits per heavy atom. The molecule has 0 unspecified atom stereocenters. The average Bonchev–Trinajstić information content (AvgIpc) is 3.15. The van der Waals surface area contributed by atoms with Crippen molar-refractivity contribution in [2.75, 3.05) is 25.4 Å². The predicted molar refractivity (Wildman–Crippen MR) is 68.8 cm³/mol. The topological polar surface area (TPSA) is 73.1 Å². The Hall–Kier alpha value is -1.15. The molecule has 0 aromatic carbocycles. The van der Waals surface area contributed by atoms with Crippen molar-refractivity contribution in [1.82, 2.24) is 25.1 Å². The lowest BCUT2D eigenvalue weighted by atomic mass is 10.3. The second-order valence-corrected chi connectivity index (χ2v) is 5.89. The molecule has 1 aromatic rings.